The SMILES string of the molecule is O=C(c1ccccc1N(C(=O)Nc1nc(CSc2ccccc2)c(S(=O)(=O)c2ncc[nH]2)s1)N(C(=O)Nc1nc(CSc2ccccc2)c(S(=O)(=O)c2ncc[nH]2)s1)c1ccc(Cl)cc1C(=O)C1CCCC1)C1CCCC1. The van der Waals surface area contributed by atoms with Gasteiger partial charge in [0.1, 0.15) is 0 Å². The number of aromatic nitrogens is 6. The summed E-state index contributed by atoms with van der Waals surface area (Å²) in [5.74, 6) is -1.39. The lowest BCUT2D eigenvalue weighted by Crippen LogP contribution is -2.54. The Morgan fingerprint density at radius 3 is 1.47 bits per heavy atom. The summed E-state index contributed by atoms with van der Waals surface area (Å²) in [6, 6.07) is 26.9. The van der Waals surface area contributed by atoms with Crippen LogP contribution in [0.2, 0.25) is 5.02 Å². The first-order chi connectivity index (χ1) is 37.3. The molecule has 0 aliphatic heterocycles. The molecule has 0 radical (unpaired) electrons. The van der Waals surface area contributed by atoms with Crippen LogP contribution in [0, 0.1) is 11.8 Å². The summed E-state index contributed by atoms with van der Waals surface area (Å²) in [4.78, 5) is 85.4. The van der Waals surface area contributed by atoms with E-state index in [0.29, 0.717) is 48.4 Å². The molecule has 2 aliphatic rings. The van der Waals surface area contributed by atoms with Gasteiger partial charge in [0.15, 0.2) is 30.2 Å². The number of hydrazine groups is 1. The Kier molecular flexibility index (Phi) is 16.4. The predicted molar refractivity (Wildman–Crippen MR) is 298 cm³/mol. The minimum Gasteiger partial charge on any atom is -0.335 e. The third-order valence-electron chi connectivity index (χ3n) is 12.8. The van der Waals surface area contributed by atoms with Crippen molar-refractivity contribution in [3.63, 3.8) is 0 Å². The number of urea groups is 2. The second kappa shape index (κ2) is 23.5. The number of nitrogens with one attached hydrogen (secondary N) is 4. The average Bonchev–Trinajstić information content (AvgIpc) is 4.33. The number of thiazole rings is 2. The molecule has 8 aromatic rings. The van der Waals surface area contributed by atoms with Gasteiger partial charge in [0, 0.05) is 74.1 Å². The number of hydrogen-bond acceptors (Lipinski definition) is 16. The molecule has 0 spiro atoms. The summed E-state index contributed by atoms with van der Waals surface area (Å²) < 4.78 is 56.5. The molecule has 18 nitrogen and oxygen atoms in total. The lowest BCUT2D eigenvalue weighted by atomic mass is 9.94. The summed E-state index contributed by atoms with van der Waals surface area (Å²) >= 11 is 10.6. The number of imidazole rings is 2. The average molecular weight is 1170 g/mol. The van der Waals surface area contributed by atoms with Crippen LogP contribution in [0.5, 0.6) is 0 Å². The van der Waals surface area contributed by atoms with E-state index in [4.69, 9.17) is 11.6 Å². The van der Waals surface area contributed by atoms with Crippen LogP contribution in [0.3, 0.4) is 0 Å². The van der Waals surface area contributed by atoms with Crippen LogP contribution < -0.4 is 20.7 Å². The smallest absolute Gasteiger partial charge is 0.335 e. The topological polar surface area (TPSA) is 250 Å². The minimum absolute atomic E-state index is 0.0153. The van der Waals surface area contributed by atoms with Gasteiger partial charge in [0.2, 0.25) is 10.3 Å². The number of ketones is 2. The molecule has 0 bridgehead atoms. The van der Waals surface area contributed by atoms with Crippen LogP contribution in [-0.4, -0.2) is 70.4 Å². The minimum atomic E-state index is -4.34. The first kappa shape index (κ1) is 53.7. The molecule has 0 saturated heterocycles. The standard InChI is InChI=1S/C52H47ClN10O8S6/c53-34-23-24-42(38(29-34)44(65)33-15-9-10-16-33)63(52(67)61-48-59-40(31-73-36-19-5-2-6-20-36)46(75-48)77(70,71)50-56-27-28-57-50)62(41-22-12-11-21-37(41)43(64)32-13-7-8-14-32)51(66)60-47-58-39(30-72-35-17-3-1-4-18-35)45(74-47)76(68,69)49-54-25-26-55-49/h1-6,11-12,17-29,32-33H,7-10,13-16,30-31H2,(H,54,55)(H,56,57)(H,58,60,66)(H,59,61,67). The molecule has 25 heteroatoms. The molecule has 2 aliphatic carbocycles. The molecule has 396 valence electrons. The number of carbonyl (C=O) groups excluding carboxylic acids is 4. The monoisotopic (exact) mass is 1170 g/mol. The van der Waals surface area contributed by atoms with Crippen molar-refractivity contribution in [1.82, 2.24) is 29.9 Å². The number of anilines is 4. The third kappa shape index (κ3) is 11.8. The molecule has 4 amide bonds. The Morgan fingerprint density at radius 1 is 0.584 bits per heavy atom. The molecular weight excluding hydrogens is 1120 g/mol. The quantitative estimate of drug-likeness (QED) is 0.0354. The lowest BCUT2D eigenvalue weighted by Gasteiger charge is -2.36. The number of sulfone groups is 2. The van der Waals surface area contributed by atoms with Crippen LogP contribution in [0.4, 0.5) is 31.2 Å². The van der Waals surface area contributed by atoms with Gasteiger partial charge in [-0.25, -0.2) is 46.4 Å². The Labute approximate surface area is 464 Å². The maximum Gasteiger partial charge on any atom is 0.347 e. The normalized spacial score (nSPS) is 14.1. The van der Waals surface area contributed by atoms with E-state index in [0.717, 1.165) is 45.5 Å². The highest BCUT2D eigenvalue weighted by atomic mass is 35.5. The first-order valence-electron chi connectivity index (χ1n) is 24.3. The third-order valence-corrected chi connectivity index (χ3v) is 21.4. The number of Topliss-reactive ketones (excluding diaryl/α,β-unsaturated/α-hetero) is 2. The predicted octanol–water partition coefficient (Wildman–Crippen LogP) is 12.4. The van der Waals surface area contributed by atoms with E-state index < -0.39 is 43.6 Å². The van der Waals surface area contributed by atoms with Crippen LogP contribution in [0.15, 0.2) is 156 Å². The zero-order chi connectivity index (χ0) is 53.7. The van der Waals surface area contributed by atoms with Crippen molar-refractivity contribution in [1.29, 1.82) is 0 Å². The number of H-pyrrole nitrogens is 2. The lowest BCUT2D eigenvalue weighted by molar-refractivity contribution is 0.0915. The number of nitrogens with zero attached hydrogens (tertiary/aromatic N) is 6. The van der Waals surface area contributed by atoms with Gasteiger partial charge in [-0.3, -0.25) is 20.2 Å². The number of halogens is 1. The van der Waals surface area contributed by atoms with Crippen LogP contribution in [0.1, 0.15) is 83.5 Å². The van der Waals surface area contributed by atoms with E-state index in [2.05, 4.69) is 40.5 Å². The maximum absolute atomic E-state index is 15.8. The summed E-state index contributed by atoms with van der Waals surface area (Å²) in [6.07, 6.45) is 10.8. The number of aromatic amines is 2. The van der Waals surface area contributed by atoms with E-state index >= 15 is 9.59 Å². The number of benzene rings is 4. The van der Waals surface area contributed by atoms with Gasteiger partial charge >= 0.3 is 12.1 Å². The van der Waals surface area contributed by atoms with E-state index in [1.165, 1.54) is 72.6 Å². The van der Waals surface area contributed by atoms with Gasteiger partial charge in [0.05, 0.1) is 22.8 Å². The maximum atomic E-state index is 15.8. The van der Waals surface area contributed by atoms with E-state index in [1.807, 2.05) is 60.7 Å². The summed E-state index contributed by atoms with van der Waals surface area (Å²) in [5, 5.41) is 6.39. The molecule has 2 fully saturated rings. The molecule has 4 heterocycles. The zero-order valence-electron chi connectivity index (χ0n) is 40.6. The Balaban J connectivity index is 1.12. The molecule has 4 aromatic carbocycles. The van der Waals surface area contributed by atoms with Gasteiger partial charge < -0.3 is 9.97 Å². The van der Waals surface area contributed by atoms with Crippen molar-refractivity contribution in [2.24, 2.45) is 11.8 Å². The van der Waals surface area contributed by atoms with Gasteiger partial charge in [-0.05, 0) is 80.3 Å². The molecule has 4 aromatic heterocycles. The fourth-order valence-corrected chi connectivity index (χ4v) is 16.7. The molecule has 0 unspecified atom stereocenters. The summed E-state index contributed by atoms with van der Waals surface area (Å²) in [7, 11) is -8.68. The van der Waals surface area contributed by atoms with Crippen molar-refractivity contribution < 1.29 is 36.0 Å². The van der Waals surface area contributed by atoms with Gasteiger partial charge in [-0.1, -0.05) is 108 Å². The number of para-hydroxylation sites is 1. The zero-order valence-corrected chi connectivity index (χ0v) is 46.3. The largest absolute Gasteiger partial charge is 0.347 e. The Hall–Kier alpha value is -6.67. The Bertz CT molecular complexity index is 3660. The van der Waals surface area contributed by atoms with E-state index in [9.17, 15) is 26.4 Å². The number of rotatable bonds is 18. The van der Waals surface area contributed by atoms with Crippen molar-refractivity contribution >= 4 is 123 Å². The van der Waals surface area contributed by atoms with Crippen molar-refractivity contribution in [2.75, 3.05) is 20.7 Å². The van der Waals surface area contributed by atoms with Gasteiger partial charge in [-0.15, -0.1) is 23.5 Å². The fraction of sp³-hybridized carbons (Fsp3) is 0.231. The number of hydrogen-bond donors (Lipinski definition) is 4. The highest BCUT2D eigenvalue weighted by Gasteiger charge is 2.40. The second-order valence-corrected chi connectivity index (χ2v) is 26.5. The highest BCUT2D eigenvalue weighted by Crippen LogP contribution is 2.41. The van der Waals surface area contributed by atoms with Crippen molar-refractivity contribution in [2.45, 2.75) is 91.4 Å². The second-order valence-electron chi connectivity index (χ2n) is 17.9. The van der Waals surface area contributed by atoms with Crippen LogP contribution in [-0.2, 0) is 31.2 Å². The Morgan fingerprint density at radius 2 is 1.01 bits per heavy atom. The van der Waals surface area contributed by atoms with E-state index in [1.54, 1.807) is 18.2 Å². The molecule has 10 rings (SSSR count). The molecule has 77 heavy (non-hydrogen) atoms. The number of amides is 4. The van der Waals surface area contributed by atoms with Gasteiger partial charge in [0.25, 0.3) is 19.7 Å². The highest BCUT2D eigenvalue weighted by molar-refractivity contribution is 7.99. The van der Waals surface area contributed by atoms with E-state index in [-0.39, 0.29) is 91.0 Å². The first-order valence-corrected chi connectivity index (χ1v) is 31.2. The molecule has 4 N–H and O–H groups in total. The van der Waals surface area contributed by atoms with Crippen LogP contribution >= 0.6 is 57.8 Å². The number of thioether (sulfide) groups is 2. The number of carbonyl (C=O) groups is 4. The molecular formula is C52H47ClN10O8S6. The van der Waals surface area contributed by atoms with Gasteiger partial charge in [-0.2, -0.15) is 10.0 Å². The van der Waals surface area contributed by atoms with Crippen molar-refractivity contribution in [3.05, 3.63) is 155 Å². The van der Waals surface area contributed by atoms with Crippen LogP contribution in [0.25, 0.3) is 0 Å². The van der Waals surface area contributed by atoms with Crippen molar-refractivity contribution in [3.8, 4) is 0 Å². The molecule has 2 saturated carbocycles. The summed E-state index contributed by atoms with van der Waals surface area (Å²) in [6.45, 7) is 0. The fourth-order valence-electron chi connectivity index (χ4n) is 9.17. The molecule has 0 atom stereocenters. The summed E-state index contributed by atoms with van der Waals surface area (Å²) in [5.41, 5.74) is 0.0531.